The molecular weight excluding hydrogens is 322 g/mol. The van der Waals surface area contributed by atoms with E-state index in [0.717, 1.165) is 17.1 Å². The number of H-pyrrole nitrogens is 1. The summed E-state index contributed by atoms with van der Waals surface area (Å²) in [6, 6.07) is 9.50. The zero-order valence-corrected chi connectivity index (χ0v) is 12.7. The highest BCUT2D eigenvalue weighted by molar-refractivity contribution is 6.34. The number of aryl methyl sites for hydroxylation is 1. The molecule has 1 aromatic heterocycles. The highest BCUT2D eigenvalue weighted by Gasteiger charge is 2.09. The van der Waals surface area contributed by atoms with Gasteiger partial charge >= 0.3 is 11.9 Å². The third kappa shape index (κ3) is 4.04. The van der Waals surface area contributed by atoms with Crippen LogP contribution >= 0.6 is 11.6 Å². The lowest BCUT2D eigenvalue weighted by atomic mass is 10.1. The summed E-state index contributed by atoms with van der Waals surface area (Å²) in [5.74, 6) is -2.24. The average molecular weight is 334 g/mol. The fourth-order valence-corrected chi connectivity index (χ4v) is 2.08. The Balaban J connectivity index is 0.000000172. The minimum absolute atomic E-state index is 0.00241. The van der Waals surface area contributed by atoms with Gasteiger partial charge in [0.1, 0.15) is 5.52 Å². The Kier molecular flexibility index (Phi) is 4.92. The van der Waals surface area contributed by atoms with Crippen LogP contribution in [0.5, 0.6) is 0 Å². The molecule has 8 heteroatoms. The number of nitrogens with one attached hydrogen (secondary N) is 1. The van der Waals surface area contributed by atoms with Gasteiger partial charge in [0.05, 0.1) is 21.7 Å². The molecule has 7 nitrogen and oxygen atoms in total. The fourth-order valence-electron chi connectivity index (χ4n) is 1.87. The molecule has 118 valence electrons. The molecule has 3 N–H and O–H groups in total. The molecule has 3 rings (SSSR count). The van der Waals surface area contributed by atoms with Crippen LogP contribution < -0.4 is 0 Å². The van der Waals surface area contributed by atoms with Crippen LogP contribution in [0.25, 0.3) is 11.0 Å². The molecule has 3 aromatic rings. The highest BCUT2D eigenvalue weighted by Crippen LogP contribution is 2.17. The summed E-state index contributed by atoms with van der Waals surface area (Å²) in [6.07, 6.45) is 0. The number of hydrogen-bond acceptors (Lipinski definition) is 4. The predicted molar refractivity (Wildman–Crippen MR) is 84.0 cm³/mol. The van der Waals surface area contributed by atoms with Crippen molar-refractivity contribution in [3.63, 3.8) is 0 Å². The zero-order valence-electron chi connectivity index (χ0n) is 11.9. The van der Waals surface area contributed by atoms with E-state index in [1.165, 1.54) is 12.1 Å². The normalized spacial score (nSPS) is 10.0. The van der Waals surface area contributed by atoms with Crippen molar-refractivity contribution in [3.8, 4) is 0 Å². The summed E-state index contributed by atoms with van der Waals surface area (Å²) < 4.78 is 0. The van der Waals surface area contributed by atoms with Crippen LogP contribution in [0.3, 0.4) is 0 Å². The first kappa shape index (κ1) is 16.4. The van der Waals surface area contributed by atoms with Crippen LogP contribution in [0.2, 0.25) is 5.02 Å². The zero-order chi connectivity index (χ0) is 17.0. The summed E-state index contributed by atoms with van der Waals surface area (Å²) in [4.78, 5) is 21.1. The quantitative estimate of drug-likeness (QED) is 0.663. The van der Waals surface area contributed by atoms with E-state index >= 15 is 0 Å². The third-order valence-corrected chi connectivity index (χ3v) is 3.18. The standard InChI is InChI=1S/C9H8O4.C6H4ClN3/c1-5-2-6(8(10)11)4-7(3-5)9(12)13;7-4-2-1-3-5-6(4)9-10-8-5/h2-4H,1H3,(H,10,11)(H,12,13);1-3H,(H,8,9,10). The molecule has 0 atom stereocenters. The molecular formula is C15H12ClN3O4. The molecule has 0 unspecified atom stereocenters. The number of carbonyl (C=O) groups is 2. The van der Waals surface area contributed by atoms with Gasteiger partial charge in [-0.25, -0.2) is 9.59 Å². The van der Waals surface area contributed by atoms with Crippen molar-refractivity contribution in [3.05, 3.63) is 58.1 Å². The van der Waals surface area contributed by atoms with E-state index < -0.39 is 11.9 Å². The minimum Gasteiger partial charge on any atom is -0.478 e. The Morgan fingerprint density at radius 1 is 1.09 bits per heavy atom. The molecule has 0 saturated heterocycles. The molecule has 0 radical (unpaired) electrons. The first-order chi connectivity index (χ1) is 10.9. The average Bonchev–Trinajstić information content (AvgIpc) is 2.97. The van der Waals surface area contributed by atoms with Gasteiger partial charge in [0.25, 0.3) is 0 Å². The topological polar surface area (TPSA) is 116 Å². The number of carboxylic acids is 2. The van der Waals surface area contributed by atoms with Crippen LogP contribution in [-0.2, 0) is 0 Å². The van der Waals surface area contributed by atoms with E-state index in [4.69, 9.17) is 21.8 Å². The number of carboxylic acid groups (broad SMARTS) is 2. The number of aromatic amines is 1. The smallest absolute Gasteiger partial charge is 0.335 e. The van der Waals surface area contributed by atoms with Crippen LogP contribution in [0.4, 0.5) is 0 Å². The Bertz CT molecular complexity index is 844. The van der Waals surface area contributed by atoms with Gasteiger partial charge in [-0.3, -0.25) is 5.10 Å². The number of fused-ring (bicyclic) bond motifs is 1. The molecule has 1 heterocycles. The number of halogens is 1. The van der Waals surface area contributed by atoms with Crippen LogP contribution in [0.15, 0.2) is 36.4 Å². The summed E-state index contributed by atoms with van der Waals surface area (Å²) >= 11 is 5.78. The Morgan fingerprint density at radius 3 is 2.22 bits per heavy atom. The highest BCUT2D eigenvalue weighted by atomic mass is 35.5. The number of benzene rings is 2. The molecule has 0 spiro atoms. The summed E-state index contributed by atoms with van der Waals surface area (Å²) in [5, 5.41) is 28.0. The van der Waals surface area contributed by atoms with Crippen LogP contribution in [0, 0.1) is 6.92 Å². The Hall–Kier alpha value is -2.93. The van der Waals surface area contributed by atoms with Gasteiger partial charge in [0, 0.05) is 0 Å². The lowest BCUT2D eigenvalue weighted by molar-refractivity contribution is 0.0696. The summed E-state index contributed by atoms with van der Waals surface area (Å²) in [6.45, 7) is 1.65. The minimum atomic E-state index is -1.12. The van der Waals surface area contributed by atoms with Gasteiger partial charge in [0.15, 0.2) is 0 Å². The first-order valence-electron chi connectivity index (χ1n) is 6.42. The van der Waals surface area contributed by atoms with Gasteiger partial charge in [-0.15, -0.1) is 5.10 Å². The van der Waals surface area contributed by atoms with Gasteiger partial charge in [0.2, 0.25) is 0 Å². The third-order valence-electron chi connectivity index (χ3n) is 2.88. The SMILES string of the molecule is Cc1cc(C(=O)O)cc(C(=O)O)c1.Clc1cccc2[nH]nnc12. The second-order valence-electron chi connectivity index (χ2n) is 4.65. The summed E-state index contributed by atoms with van der Waals surface area (Å²) in [7, 11) is 0. The Morgan fingerprint density at radius 2 is 1.70 bits per heavy atom. The van der Waals surface area contributed by atoms with E-state index in [1.54, 1.807) is 13.0 Å². The first-order valence-corrected chi connectivity index (χ1v) is 6.80. The van der Waals surface area contributed by atoms with Crippen molar-refractivity contribution in [2.45, 2.75) is 6.92 Å². The van der Waals surface area contributed by atoms with Crippen molar-refractivity contribution in [2.24, 2.45) is 0 Å². The van der Waals surface area contributed by atoms with E-state index in [-0.39, 0.29) is 11.1 Å². The number of aromatic carboxylic acids is 2. The van der Waals surface area contributed by atoms with Crippen molar-refractivity contribution in [1.29, 1.82) is 0 Å². The van der Waals surface area contributed by atoms with Gasteiger partial charge < -0.3 is 10.2 Å². The number of nitrogens with zero attached hydrogens (tertiary/aromatic N) is 2. The molecule has 0 bridgehead atoms. The van der Waals surface area contributed by atoms with Crippen molar-refractivity contribution < 1.29 is 19.8 Å². The maximum Gasteiger partial charge on any atom is 0.335 e. The molecule has 0 aliphatic carbocycles. The van der Waals surface area contributed by atoms with Gasteiger partial charge in [-0.05, 0) is 42.8 Å². The van der Waals surface area contributed by atoms with E-state index in [9.17, 15) is 9.59 Å². The predicted octanol–water partition coefficient (Wildman–Crippen LogP) is 3.00. The molecule has 0 amide bonds. The number of rotatable bonds is 2. The van der Waals surface area contributed by atoms with Crippen LogP contribution in [-0.4, -0.2) is 37.6 Å². The lowest BCUT2D eigenvalue weighted by Gasteiger charge is -1.99. The molecule has 0 aliphatic heterocycles. The largest absolute Gasteiger partial charge is 0.478 e. The fraction of sp³-hybridized carbons (Fsp3) is 0.0667. The number of hydrogen-bond donors (Lipinski definition) is 3. The molecule has 23 heavy (non-hydrogen) atoms. The maximum absolute atomic E-state index is 10.5. The maximum atomic E-state index is 10.5. The van der Waals surface area contributed by atoms with Crippen LogP contribution in [0.1, 0.15) is 26.3 Å². The second-order valence-corrected chi connectivity index (χ2v) is 5.05. The van der Waals surface area contributed by atoms with Crippen molar-refractivity contribution >= 4 is 34.6 Å². The van der Waals surface area contributed by atoms with Crippen molar-refractivity contribution in [2.75, 3.05) is 0 Å². The Labute approximate surface area is 135 Å². The molecule has 0 saturated carbocycles. The van der Waals surface area contributed by atoms with Crippen molar-refractivity contribution in [1.82, 2.24) is 15.4 Å². The van der Waals surface area contributed by atoms with Gasteiger partial charge in [-0.2, -0.15) is 0 Å². The van der Waals surface area contributed by atoms with E-state index in [0.29, 0.717) is 10.6 Å². The lowest BCUT2D eigenvalue weighted by Crippen LogP contribution is -2.02. The molecule has 0 aliphatic rings. The van der Waals surface area contributed by atoms with Gasteiger partial charge in [-0.1, -0.05) is 22.9 Å². The monoisotopic (exact) mass is 333 g/mol. The van der Waals surface area contributed by atoms with E-state index in [1.807, 2.05) is 12.1 Å². The molecule has 0 fully saturated rings. The number of aromatic nitrogens is 3. The summed E-state index contributed by atoms with van der Waals surface area (Å²) in [5.41, 5.74) is 2.21. The molecule has 2 aromatic carbocycles. The van der Waals surface area contributed by atoms with E-state index in [2.05, 4.69) is 15.4 Å². The second kappa shape index (κ2) is 6.89.